The second-order valence-corrected chi connectivity index (χ2v) is 3.73. The molecular formula is C9H18O4. The number of hydrogen-bond donors (Lipinski definition) is 3. The molecule has 78 valence electrons. The summed E-state index contributed by atoms with van der Waals surface area (Å²) in [6, 6.07) is 0. The third-order valence-electron chi connectivity index (χ3n) is 2.86. The van der Waals surface area contributed by atoms with Crippen LogP contribution >= 0.6 is 0 Å². The number of methoxy groups -OCH3 is 1. The Labute approximate surface area is 78.1 Å². The summed E-state index contributed by atoms with van der Waals surface area (Å²) in [5.74, 6) is -0.0126. The van der Waals surface area contributed by atoms with Crippen molar-refractivity contribution >= 4 is 0 Å². The second-order valence-electron chi connectivity index (χ2n) is 3.73. The quantitative estimate of drug-likeness (QED) is 0.554. The maximum Gasteiger partial charge on any atom is 0.0851 e. The summed E-state index contributed by atoms with van der Waals surface area (Å²) in [5.41, 5.74) is 0. The molecule has 1 aliphatic carbocycles. The van der Waals surface area contributed by atoms with Crippen LogP contribution in [0.1, 0.15) is 12.8 Å². The predicted octanol–water partition coefficient (Wildman–Crippen LogP) is -0.627. The molecule has 1 saturated carbocycles. The predicted molar refractivity (Wildman–Crippen MR) is 47.2 cm³/mol. The summed E-state index contributed by atoms with van der Waals surface area (Å²) in [4.78, 5) is 0. The normalized spacial score (nSPS) is 40.6. The average molecular weight is 190 g/mol. The zero-order chi connectivity index (χ0) is 9.84. The molecule has 1 aliphatic rings. The topological polar surface area (TPSA) is 69.9 Å². The van der Waals surface area contributed by atoms with Gasteiger partial charge in [0.25, 0.3) is 0 Å². The van der Waals surface area contributed by atoms with Gasteiger partial charge >= 0.3 is 0 Å². The zero-order valence-corrected chi connectivity index (χ0v) is 7.89. The Hall–Kier alpha value is -0.160. The van der Waals surface area contributed by atoms with E-state index in [9.17, 15) is 5.11 Å². The van der Waals surface area contributed by atoms with Crippen LogP contribution in [0.3, 0.4) is 0 Å². The van der Waals surface area contributed by atoms with Crippen LogP contribution < -0.4 is 0 Å². The third-order valence-corrected chi connectivity index (χ3v) is 2.86. The summed E-state index contributed by atoms with van der Waals surface area (Å²) in [5, 5.41) is 27.7. The Balaban J connectivity index is 2.56. The molecule has 0 heterocycles. The maximum absolute atomic E-state index is 9.68. The average Bonchev–Trinajstić information content (AvgIpc) is 2.18. The minimum absolute atomic E-state index is 0.0441. The summed E-state index contributed by atoms with van der Waals surface area (Å²) in [6.07, 6.45) is 0.499. The van der Waals surface area contributed by atoms with Gasteiger partial charge in [-0.3, -0.25) is 0 Å². The van der Waals surface area contributed by atoms with Crippen LogP contribution in [0.15, 0.2) is 0 Å². The number of ether oxygens (including phenoxy) is 1. The van der Waals surface area contributed by atoms with E-state index < -0.39 is 6.10 Å². The van der Waals surface area contributed by atoms with Gasteiger partial charge < -0.3 is 20.1 Å². The first-order valence-electron chi connectivity index (χ1n) is 4.65. The van der Waals surface area contributed by atoms with Crippen LogP contribution in [0.2, 0.25) is 0 Å². The zero-order valence-electron chi connectivity index (χ0n) is 7.89. The van der Waals surface area contributed by atoms with Gasteiger partial charge in [0.15, 0.2) is 0 Å². The Morgan fingerprint density at radius 1 is 1.23 bits per heavy atom. The van der Waals surface area contributed by atoms with Gasteiger partial charge in [-0.05, 0) is 18.8 Å². The summed E-state index contributed by atoms with van der Waals surface area (Å²) < 4.78 is 5.10. The van der Waals surface area contributed by atoms with Gasteiger partial charge in [-0.1, -0.05) is 0 Å². The van der Waals surface area contributed by atoms with E-state index in [0.717, 1.165) is 0 Å². The van der Waals surface area contributed by atoms with Crippen LogP contribution in [0, 0.1) is 11.8 Å². The lowest BCUT2D eigenvalue weighted by Crippen LogP contribution is -2.44. The van der Waals surface area contributed by atoms with Crippen molar-refractivity contribution in [2.24, 2.45) is 11.8 Å². The van der Waals surface area contributed by atoms with Gasteiger partial charge in [-0.2, -0.15) is 0 Å². The number of aliphatic hydroxyl groups excluding tert-OH is 3. The molecule has 13 heavy (non-hydrogen) atoms. The fourth-order valence-corrected chi connectivity index (χ4v) is 2.00. The lowest BCUT2D eigenvalue weighted by atomic mass is 9.78. The molecule has 0 aliphatic heterocycles. The molecule has 1 rings (SSSR count). The fourth-order valence-electron chi connectivity index (χ4n) is 2.00. The minimum atomic E-state index is -0.599. The van der Waals surface area contributed by atoms with Gasteiger partial charge in [-0.15, -0.1) is 0 Å². The first kappa shape index (κ1) is 10.9. The van der Waals surface area contributed by atoms with E-state index in [-0.39, 0.29) is 31.2 Å². The molecule has 4 atom stereocenters. The van der Waals surface area contributed by atoms with Crippen LogP contribution in [0.5, 0.6) is 0 Å². The molecule has 0 spiro atoms. The molecule has 0 aromatic heterocycles. The van der Waals surface area contributed by atoms with Crippen molar-refractivity contribution in [2.75, 3.05) is 20.3 Å². The Morgan fingerprint density at radius 2 is 1.92 bits per heavy atom. The van der Waals surface area contributed by atoms with E-state index >= 15 is 0 Å². The highest BCUT2D eigenvalue weighted by molar-refractivity contribution is 4.86. The lowest BCUT2D eigenvalue weighted by Gasteiger charge is -2.37. The van der Waals surface area contributed by atoms with E-state index in [2.05, 4.69) is 0 Å². The lowest BCUT2D eigenvalue weighted by molar-refractivity contribution is -0.0975. The molecule has 0 saturated heterocycles. The first-order valence-corrected chi connectivity index (χ1v) is 4.65. The van der Waals surface area contributed by atoms with Crippen molar-refractivity contribution in [2.45, 2.75) is 25.0 Å². The van der Waals surface area contributed by atoms with Crippen molar-refractivity contribution in [1.29, 1.82) is 0 Å². The number of rotatable bonds is 3. The molecule has 4 nitrogen and oxygen atoms in total. The van der Waals surface area contributed by atoms with E-state index in [1.807, 2.05) is 0 Å². The highest BCUT2D eigenvalue weighted by Crippen LogP contribution is 2.30. The molecule has 0 bridgehead atoms. The van der Waals surface area contributed by atoms with Crippen molar-refractivity contribution in [3.8, 4) is 0 Å². The van der Waals surface area contributed by atoms with Crippen LogP contribution in [-0.2, 0) is 4.74 Å². The van der Waals surface area contributed by atoms with E-state index in [4.69, 9.17) is 14.9 Å². The number of aliphatic hydroxyl groups is 3. The smallest absolute Gasteiger partial charge is 0.0851 e. The largest absolute Gasteiger partial charge is 0.396 e. The standard InChI is InChI=1S/C9H18O4/c1-13-8-3-6(4-10)2-7(5-11)9(8)12/h6-12H,2-5H2,1H3. The Bertz CT molecular complexity index is 137. The van der Waals surface area contributed by atoms with Crippen LogP contribution in [0.25, 0.3) is 0 Å². The van der Waals surface area contributed by atoms with Gasteiger partial charge in [0.1, 0.15) is 0 Å². The summed E-state index contributed by atoms with van der Waals surface area (Å²) in [6.45, 7) is 0.0562. The van der Waals surface area contributed by atoms with Gasteiger partial charge in [0.2, 0.25) is 0 Å². The van der Waals surface area contributed by atoms with Crippen molar-refractivity contribution < 1.29 is 20.1 Å². The third kappa shape index (κ3) is 2.40. The minimum Gasteiger partial charge on any atom is -0.396 e. The van der Waals surface area contributed by atoms with Gasteiger partial charge in [0, 0.05) is 26.2 Å². The molecule has 0 aromatic rings. The van der Waals surface area contributed by atoms with Crippen molar-refractivity contribution in [1.82, 2.24) is 0 Å². The first-order chi connectivity index (χ1) is 6.22. The second kappa shape index (κ2) is 4.91. The SMILES string of the molecule is COC1CC(CO)CC(CO)C1O. The fraction of sp³-hybridized carbons (Fsp3) is 1.00. The van der Waals surface area contributed by atoms with Crippen molar-refractivity contribution in [3.05, 3.63) is 0 Å². The monoisotopic (exact) mass is 190 g/mol. The Kier molecular flexibility index (Phi) is 4.12. The van der Waals surface area contributed by atoms with Crippen molar-refractivity contribution in [3.63, 3.8) is 0 Å². The highest BCUT2D eigenvalue weighted by atomic mass is 16.5. The maximum atomic E-state index is 9.68. The van der Waals surface area contributed by atoms with E-state index in [0.29, 0.717) is 12.8 Å². The highest BCUT2D eigenvalue weighted by Gasteiger charge is 2.36. The van der Waals surface area contributed by atoms with Crippen LogP contribution in [-0.4, -0.2) is 47.9 Å². The summed E-state index contributed by atoms with van der Waals surface area (Å²) in [7, 11) is 1.54. The molecule has 1 fully saturated rings. The Morgan fingerprint density at radius 3 is 2.38 bits per heavy atom. The molecular weight excluding hydrogens is 172 g/mol. The molecule has 0 radical (unpaired) electrons. The van der Waals surface area contributed by atoms with E-state index in [1.54, 1.807) is 7.11 Å². The molecule has 0 amide bonds. The molecule has 4 heteroatoms. The molecule has 3 N–H and O–H groups in total. The van der Waals surface area contributed by atoms with Crippen LogP contribution in [0.4, 0.5) is 0 Å². The summed E-state index contributed by atoms with van der Waals surface area (Å²) >= 11 is 0. The molecule has 0 aromatic carbocycles. The number of hydrogen-bond acceptors (Lipinski definition) is 4. The van der Waals surface area contributed by atoms with E-state index in [1.165, 1.54) is 0 Å². The molecule has 4 unspecified atom stereocenters. The van der Waals surface area contributed by atoms with Gasteiger partial charge in [-0.25, -0.2) is 0 Å². The van der Waals surface area contributed by atoms with Gasteiger partial charge in [0.05, 0.1) is 12.2 Å².